The molecular formula is C18H19F3N8. The van der Waals surface area contributed by atoms with E-state index in [4.69, 9.17) is 0 Å². The van der Waals surface area contributed by atoms with Crippen LogP contribution >= 0.6 is 0 Å². The van der Waals surface area contributed by atoms with E-state index in [1.807, 2.05) is 11.9 Å². The Balaban J connectivity index is 1.32. The Morgan fingerprint density at radius 2 is 1.76 bits per heavy atom. The fourth-order valence-electron chi connectivity index (χ4n) is 4.23. The predicted octanol–water partition coefficient (Wildman–Crippen LogP) is 2.20. The highest BCUT2D eigenvalue weighted by molar-refractivity contribution is 5.71. The van der Waals surface area contributed by atoms with E-state index in [1.54, 1.807) is 17.1 Å². The third kappa shape index (κ3) is 3.04. The lowest BCUT2D eigenvalue weighted by molar-refractivity contribution is -0.141. The second-order valence-electron chi connectivity index (χ2n) is 7.89. The summed E-state index contributed by atoms with van der Waals surface area (Å²) in [6.45, 7) is 4.44. The van der Waals surface area contributed by atoms with Crippen molar-refractivity contribution in [1.82, 2.24) is 29.7 Å². The van der Waals surface area contributed by atoms with Crippen molar-refractivity contribution in [3.05, 3.63) is 30.0 Å². The van der Waals surface area contributed by atoms with Crippen LogP contribution in [0.5, 0.6) is 0 Å². The molecule has 8 nitrogen and oxygen atoms in total. The van der Waals surface area contributed by atoms with E-state index in [1.165, 1.54) is 6.92 Å². The van der Waals surface area contributed by atoms with Gasteiger partial charge in [-0.15, -0.1) is 0 Å². The molecule has 0 aliphatic carbocycles. The minimum atomic E-state index is -4.47. The molecule has 5 heterocycles. The highest BCUT2D eigenvalue weighted by Crippen LogP contribution is 2.43. The van der Waals surface area contributed by atoms with Crippen LogP contribution in [0.1, 0.15) is 17.9 Å². The summed E-state index contributed by atoms with van der Waals surface area (Å²) in [7, 11) is 1.83. The zero-order valence-electron chi connectivity index (χ0n) is 16.0. The Morgan fingerprint density at radius 1 is 1.00 bits per heavy atom. The Morgan fingerprint density at radius 3 is 2.52 bits per heavy atom. The zero-order chi connectivity index (χ0) is 20.4. The van der Waals surface area contributed by atoms with Crippen LogP contribution in [0.25, 0.3) is 11.2 Å². The first-order chi connectivity index (χ1) is 13.7. The number of alkyl halides is 3. The SMILES string of the molecule is Cc1nc(N2CC3(CCN(c4cnc5cnn(C)c5n4)C3)C2)cc(C(F)(F)F)n1. The molecule has 0 amide bonds. The molecule has 0 radical (unpaired) electrons. The summed E-state index contributed by atoms with van der Waals surface area (Å²) >= 11 is 0. The first-order valence-corrected chi connectivity index (χ1v) is 9.30. The van der Waals surface area contributed by atoms with Crippen LogP contribution in [0.4, 0.5) is 24.8 Å². The molecule has 29 heavy (non-hydrogen) atoms. The Kier molecular flexibility index (Phi) is 3.74. The van der Waals surface area contributed by atoms with E-state index >= 15 is 0 Å². The summed E-state index contributed by atoms with van der Waals surface area (Å²) in [6, 6.07) is 1.04. The van der Waals surface area contributed by atoms with Crippen molar-refractivity contribution in [2.75, 3.05) is 36.0 Å². The van der Waals surface area contributed by atoms with Gasteiger partial charge in [0.25, 0.3) is 0 Å². The zero-order valence-corrected chi connectivity index (χ0v) is 16.0. The van der Waals surface area contributed by atoms with Gasteiger partial charge >= 0.3 is 6.18 Å². The largest absolute Gasteiger partial charge is 0.433 e. The number of anilines is 2. The van der Waals surface area contributed by atoms with Crippen molar-refractivity contribution in [3.63, 3.8) is 0 Å². The maximum absolute atomic E-state index is 13.0. The van der Waals surface area contributed by atoms with Gasteiger partial charge in [-0.25, -0.2) is 24.6 Å². The van der Waals surface area contributed by atoms with Gasteiger partial charge in [-0.1, -0.05) is 0 Å². The molecule has 0 bridgehead atoms. The van der Waals surface area contributed by atoms with E-state index in [0.717, 1.165) is 42.6 Å². The lowest BCUT2D eigenvalue weighted by Gasteiger charge is -2.48. The predicted molar refractivity (Wildman–Crippen MR) is 99.6 cm³/mol. The fraction of sp³-hybridized carbons (Fsp3) is 0.500. The first kappa shape index (κ1) is 18.1. The Hall–Kier alpha value is -2.98. The molecule has 1 spiro atoms. The second-order valence-corrected chi connectivity index (χ2v) is 7.89. The third-order valence-electron chi connectivity index (χ3n) is 5.68. The van der Waals surface area contributed by atoms with E-state index in [-0.39, 0.29) is 11.2 Å². The normalized spacial score (nSPS) is 18.7. The molecule has 0 saturated carbocycles. The van der Waals surface area contributed by atoms with Gasteiger partial charge in [0, 0.05) is 44.7 Å². The summed E-state index contributed by atoms with van der Waals surface area (Å²) in [4.78, 5) is 20.9. The smallest absolute Gasteiger partial charge is 0.355 e. The molecule has 11 heteroatoms. The molecule has 0 unspecified atom stereocenters. The number of hydrogen-bond donors (Lipinski definition) is 0. The van der Waals surface area contributed by atoms with E-state index in [9.17, 15) is 13.2 Å². The average molecular weight is 404 g/mol. The highest BCUT2D eigenvalue weighted by atomic mass is 19.4. The fourth-order valence-corrected chi connectivity index (χ4v) is 4.23. The molecule has 0 aromatic carbocycles. The van der Waals surface area contributed by atoms with E-state index in [2.05, 4.69) is 29.9 Å². The molecule has 5 rings (SSSR count). The summed E-state index contributed by atoms with van der Waals surface area (Å²) < 4.78 is 40.8. The van der Waals surface area contributed by atoms with Gasteiger partial charge in [-0.05, 0) is 13.3 Å². The van der Waals surface area contributed by atoms with Gasteiger partial charge in [0.1, 0.15) is 28.7 Å². The number of halogens is 3. The Labute approximate surface area is 164 Å². The van der Waals surface area contributed by atoms with Crippen LogP contribution in [0.3, 0.4) is 0 Å². The molecular weight excluding hydrogens is 385 g/mol. The number of fused-ring (bicyclic) bond motifs is 1. The molecule has 2 saturated heterocycles. The van der Waals surface area contributed by atoms with E-state index in [0.29, 0.717) is 18.9 Å². The number of nitrogens with zero attached hydrogens (tertiary/aromatic N) is 8. The summed E-state index contributed by atoms with van der Waals surface area (Å²) in [6.07, 6.45) is -0.0910. The van der Waals surface area contributed by atoms with Crippen molar-refractivity contribution in [1.29, 1.82) is 0 Å². The van der Waals surface area contributed by atoms with E-state index < -0.39 is 11.9 Å². The molecule has 3 aromatic rings. The standard InChI is InChI=1S/C18H19F3N8/c1-11-24-13(18(19,20)21)5-14(25-11)29-9-17(10-29)3-4-28(8-17)15-7-22-12-6-23-27(2)16(12)26-15/h5-7H,3-4,8-10H2,1-2H3. The van der Waals surface area contributed by atoms with Gasteiger partial charge in [0.05, 0.1) is 12.4 Å². The lowest BCUT2D eigenvalue weighted by Crippen LogP contribution is -2.58. The van der Waals surface area contributed by atoms with Crippen molar-refractivity contribution in [2.45, 2.75) is 19.5 Å². The third-order valence-corrected chi connectivity index (χ3v) is 5.68. The Bertz CT molecular complexity index is 1090. The maximum Gasteiger partial charge on any atom is 0.433 e. The first-order valence-electron chi connectivity index (χ1n) is 9.30. The molecule has 2 fully saturated rings. The quantitative estimate of drug-likeness (QED) is 0.648. The summed E-state index contributed by atoms with van der Waals surface area (Å²) in [5, 5.41) is 4.17. The van der Waals surface area contributed by atoms with Crippen LogP contribution in [0.2, 0.25) is 0 Å². The lowest BCUT2D eigenvalue weighted by atomic mass is 9.79. The number of rotatable bonds is 2. The molecule has 2 aliphatic rings. The van der Waals surface area contributed by atoms with Crippen LogP contribution in [-0.4, -0.2) is 55.9 Å². The van der Waals surface area contributed by atoms with Gasteiger partial charge in [-0.2, -0.15) is 18.3 Å². The molecule has 3 aromatic heterocycles. The van der Waals surface area contributed by atoms with Crippen LogP contribution in [-0.2, 0) is 13.2 Å². The van der Waals surface area contributed by atoms with Crippen molar-refractivity contribution < 1.29 is 13.2 Å². The van der Waals surface area contributed by atoms with Gasteiger partial charge in [0.2, 0.25) is 0 Å². The molecule has 0 atom stereocenters. The monoisotopic (exact) mass is 404 g/mol. The minimum Gasteiger partial charge on any atom is -0.355 e. The summed E-state index contributed by atoms with van der Waals surface area (Å²) in [5.41, 5.74) is 0.614. The topological polar surface area (TPSA) is 75.9 Å². The second kappa shape index (κ2) is 6.01. The maximum atomic E-state index is 13.0. The number of aryl methyl sites for hydroxylation is 2. The molecule has 2 aliphatic heterocycles. The van der Waals surface area contributed by atoms with Gasteiger partial charge in [0.15, 0.2) is 5.65 Å². The molecule has 152 valence electrons. The summed E-state index contributed by atoms with van der Waals surface area (Å²) in [5.74, 6) is 1.27. The van der Waals surface area contributed by atoms with Crippen molar-refractivity contribution in [3.8, 4) is 0 Å². The molecule has 0 N–H and O–H groups in total. The van der Waals surface area contributed by atoms with Gasteiger partial charge in [-0.3, -0.25) is 0 Å². The van der Waals surface area contributed by atoms with Crippen LogP contribution < -0.4 is 9.80 Å². The van der Waals surface area contributed by atoms with Crippen LogP contribution in [0, 0.1) is 12.3 Å². The van der Waals surface area contributed by atoms with Crippen molar-refractivity contribution >= 4 is 22.8 Å². The highest BCUT2D eigenvalue weighted by Gasteiger charge is 2.49. The van der Waals surface area contributed by atoms with Crippen LogP contribution in [0.15, 0.2) is 18.5 Å². The van der Waals surface area contributed by atoms with Gasteiger partial charge < -0.3 is 9.80 Å². The minimum absolute atomic E-state index is 0.0281. The number of aromatic nitrogens is 6. The van der Waals surface area contributed by atoms with Crippen molar-refractivity contribution in [2.24, 2.45) is 12.5 Å². The average Bonchev–Trinajstić information content (AvgIpc) is 3.24. The number of hydrogen-bond acceptors (Lipinski definition) is 7.